The highest BCUT2D eigenvalue weighted by Crippen LogP contribution is 2.29. The van der Waals surface area contributed by atoms with Crippen molar-refractivity contribution in [1.29, 1.82) is 0 Å². The summed E-state index contributed by atoms with van der Waals surface area (Å²) in [6.07, 6.45) is 4.17. The van der Waals surface area contributed by atoms with E-state index in [0.717, 1.165) is 19.5 Å². The van der Waals surface area contributed by atoms with Crippen LogP contribution in [0.1, 0.15) is 52.9 Å². The summed E-state index contributed by atoms with van der Waals surface area (Å²) in [4.78, 5) is 32.5. The number of hydrogen-bond acceptors (Lipinski definition) is 5. The van der Waals surface area contributed by atoms with Gasteiger partial charge in [-0.25, -0.2) is 9.18 Å². The fraction of sp³-hybridized carbons (Fsp3) is 0.680. The van der Waals surface area contributed by atoms with E-state index in [9.17, 15) is 14.0 Å². The standard InChI is InChI=1S/C25H36FN3O4/c1-25(2,3)33-24(31)29-17-21(32-20-10-4-7-18(26)15-20)16-22(29)23(30)28-12-6-11-27(13-14-28)19-8-5-9-19/h4,7,10,15,19,21-22H,5-6,8-9,11-14,16-17H2,1-3H3. The zero-order valence-corrected chi connectivity index (χ0v) is 20.0. The van der Waals surface area contributed by atoms with Gasteiger partial charge in [-0.3, -0.25) is 14.6 Å². The van der Waals surface area contributed by atoms with Gasteiger partial charge < -0.3 is 14.4 Å². The molecular weight excluding hydrogens is 425 g/mol. The maximum absolute atomic E-state index is 13.6. The van der Waals surface area contributed by atoms with Crippen molar-refractivity contribution in [3.05, 3.63) is 30.1 Å². The third kappa shape index (κ3) is 5.96. The molecule has 2 amide bonds. The number of rotatable bonds is 4. The third-order valence-corrected chi connectivity index (χ3v) is 6.71. The Hall–Kier alpha value is -2.35. The lowest BCUT2D eigenvalue weighted by Gasteiger charge is -2.37. The Morgan fingerprint density at radius 1 is 1.06 bits per heavy atom. The quantitative estimate of drug-likeness (QED) is 0.685. The van der Waals surface area contributed by atoms with Gasteiger partial charge in [0.15, 0.2) is 0 Å². The van der Waals surface area contributed by atoms with E-state index in [4.69, 9.17) is 9.47 Å². The van der Waals surface area contributed by atoms with Crippen LogP contribution in [0.3, 0.4) is 0 Å². The van der Waals surface area contributed by atoms with Crippen molar-refractivity contribution in [2.24, 2.45) is 0 Å². The average molecular weight is 462 g/mol. The molecule has 1 aromatic rings. The molecule has 7 nitrogen and oxygen atoms in total. The van der Waals surface area contributed by atoms with Crippen LogP contribution in [-0.4, -0.2) is 83.2 Å². The van der Waals surface area contributed by atoms with Gasteiger partial charge in [0, 0.05) is 44.7 Å². The number of benzene rings is 1. The van der Waals surface area contributed by atoms with Crippen molar-refractivity contribution in [2.75, 3.05) is 32.7 Å². The second kappa shape index (κ2) is 9.87. The number of carbonyl (C=O) groups is 2. The minimum Gasteiger partial charge on any atom is -0.488 e. The SMILES string of the molecule is CC(C)(C)OC(=O)N1CC(Oc2cccc(F)c2)CC1C(=O)N1CCCN(C2CCC2)CC1. The number of hydrogen-bond donors (Lipinski definition) is 0. The number of halogens is 1. The summed E-state index contributed by atoms with van der Waals surface area (Å²) in [6.45, 7) is 8.90. The van der Waals surface area contributed by atoms with E-state index < -0.39 is 23.8 Å². The third-order valence-electron chi connectivity index (χ3n) is 6.71. The minimum absolute atomic E-state index is 0.0540. The van der Waals surface area contributed by atoms with Gasteiger partial charge in [-0.05, 0) is 52.2 Å². The fourth-order valence-corrected chi connectivity index (χ4v) is 4.86. The Labute approximate surface area is 195 Å². The first-order valence-electron chi connectivity index (χ1n) is 12.1. The summed E-state index contributed by atoms with van der Waals surface area (Å²) in [5.74, 6) is -0.0486. The summed E-state index contributed by atoms with van der Waals surface area (Å²) in [5, 5.41) is 0. The van der Waals surface area contributed by atoms with Crippen LogP contribution in [-0.2, 0) is 9.53 Å². The molecule has 3 fully saturated rings. The number of nitrogens with zero attached hydrogens (tertiary/aromatic N) is 3. The van der Waals surface area contributed by atoms with Gasteiger partial charge in [0.1, 0.15) is 29.3 Å². The molecule has 33 heavy (non-hydrogen) atoms. The number of amides is 2. The van der Waals surface area contributed by atoms with Crippen molar-refractivity contribution in [1.82, 2.24) is 14.7 Å². The van der Waals surface area contributed by atoms with E-state index >= 15 is 0 Å². The largest absolute Gasteiger partial charge is 0.488 e. The van der Waals surface area contributed by atoms with Crippen molar-refractivity contribution < 1.29 is 23.5 Å². The van der Waals surface area contributed by atoms with Gasteiger partial charge in [0.25, 0.3) is 0 Å². The maximum atomic E-state index is 13.6. The Morgan fingerprint density at radius 2 is 1.85 bits per heavy atom. The Kier molecular flexibility index (Phi) is 7.12. The Balaban J connectivity index is 1.46. The molecule has 1 aliphatic carbocycles. The molecule has 3 aliphatic rings. The summed E-state index contributed by atoms with van der Waals surface area (Å²) in [7, 11) is 0. The molecule has 0 spiro atoms. The molecule has 0 aromatic heterocycles. The van der Waals surface area contributed by atoms with E-state index in [1.54, 1.807) is 12.1 Å². The van der Waals surface area contributed by atoms with E-state index in [2.05, 4.69) is 4.90 Å². The van der Waals surface area contributed by atoms with Crippen LogP contribution in [0.5, 0.6) is 5.75 Å². The van der Waals surface area contributed by atoms with E-state index in [1.165, 1.54) is 36.3 Å². The predicted octanol–water partition coefficient (Wildman–Crippen LogP) is 3.67. The first-order valence-corrected chi connectivity index (χ1v) is 12.1. The second-order valence-electron chi connectivity index (χ2n) is 10.4. The number of ether oxygens (including phenoxy) is 2. The molecular formula is C25H36FN3O4. The average Bonchev–Trinajstić information content (AvgIpc) is 2.96. The van der Waals surface area contributed by atoms with Crippen LogP contribution in [0, 0.1) is 5.82 Å². The molecule has 0 bridgehead atoms. The molecule has 2 unspecified atom stereocenters. The Bertz CT molecular complexity index is 854. The molecule has 2 heterocycles. The lowest BCUT2D eigenvalue weighted by molar-refractivity contribution is -0.135. The molecule has 1 saturated carbocycles. The van der Waals surface area contributed by atoms with E-state index in [1.807, 2.05) is 25.7 Å². The maximum Gasteiger partial charge on any atom is 0.411 e. The molecule has 4 rings (SSSR count). The second-order valence-corrected chi connectivity index (χ2v) is 10.4. The van der Waals surface area contributed by atoms with Crippen molar-refractivity contribution in [3.8, 4) is 5.75 Å². The Morgan fingerprint density at radius 3 is 2.52 bits per heavy atom. The van der Waals surface area contributed by atoms with E-state index in [0.29, 0.717) is 31.3 Å². The van der Waals surface area contributed by atoms with Crippen molar-refractivity contribution in [3.63, 3.8) is 0 Å². The van der Waals surface area contributed by atoms with Crippen LogP contribution in [0.15, 0.2) is 24.3 Å². The lowest BCUT2D eigenvalue weighted by atomic mass is 9.91. The summed E-state index contributed by atoms with van der Waals surface area (Å²) >= 11 is 0. The van der Waals surface area contributed by atoms with Gasteiger partial charge >= 0.3 is 6.09 Å². The van der Waals surface area contributed by atoms with Gasteiger partial charge in [-0.2, -0.15) is 0 Å². The topological polar surface area (TPSA) is 62.3 Å². The zero-order chi connectivity index (χ0) is 23.6. The van der Waals surface area contributed by atoms with Crippen LogP contribution in [0.25, 0.3) is 0 Å². The molecule has 1 aromatic carbocycles. The summed E-state index contributed by atoms with van der Waals surface area (Å²) in [5.41, 5.74) is -0.669. The molecule has 2 aliphatic heterocycles. The van der Waals surface area contributed by atoms with Crippen LogP contribution < -0.4 is 4.74 Å². The van der Waals surface area contributed by atoms with Crippen molar-refractivity contribution >= 4 is 12.0 Å². The van der Waals surface area contributed by atoms with Crippen LogP contribution in [0.2, 0.25) is 0 Å². The van der Waals surface area contributed by atoms with Gasteiger partial charge in [0.2, 0.25) is 5.91 Å². The fourth-order valence-electron chi connectivity index (χ4n) is 4.86. The summed E-state index contributed by atoms with van der Waals surface area (Å²) < 4.78 is 25.2. The van der Waals surface area contributed by atoms with Crippen LogP contribution >= 0.6 is 0 Å². The molecule has 0 radical (unpaired) electrons. The van der Waals surface area contributed by atoms with Crippen molar-refractivity contribution in [2.45, 2.75) is 76.7 Å². The lowest BCUT2D eigenvalue weighted by Crippen LogP contribution is -2.50. The number of likely N-dealkylation sites (tertiary alicyclic amines) is 1. The molecule has 8 heteroatoms. The van der Waals surface area contributed by atoms with Crippen LogP contribution in [0.4, 0.5) is 9.18 Å². The predicted molar refractivity (Wildman–Crippen MR) is 123 cm³/mol. The normalized spacial score (nSPS) is 24.8. The molecule has 2 saturated heterocycles. The summed E-state index contributed by atoms with van der Waals surface area (Å²) in [6, 6.07) is 5.95. The smallest absolute Gasteiger partial charge is 0.411 e. The van der Waals surface area contributed by atoms with Gasteiger partial charge in [-0.15, -0.1) is 0 Å². The number of carbonyl (C=O) groups excluding carboxylic acids is 2. The monoisotopic (exact) mass is 461 g/mol. The first kappa shape index (κ1) is 23.8. The van der Waals surface area contributed by atoms with Gasteiger partial charge in [0.05, 0.1) is 6.54 Å². The first-order chi connectivity index (χ1) is 15.7. The molecule has 182 valence electrons. The molecule has 2 atom stereocenters. The van der Waals surface area contributed by atoms with E-state index in [-0.39, 0.29) is 18.3 Å². The zero-order valence-electron chi connectivity index (χ0n) is 20.0. The molecule has 0 N–H and O–H groups in total. The van der Waals surface area contributed by atoms with Gasteiger partial charge in [-0.1, -0.05) is 12.5 Å². The minimum atomic E-state index is -0.669. The highest BCUT2D eigenvalue weighted by atomic mass is 19.1. The highest BCUT2D eigenvalue weighted by molar-refractivity contribution is 5.86. The highest BCUT2D eigenvalue weighted by Gasteiger charge is 2.44.